The number of nitrogens with zero attached hydrogens (tertiary/aromatic N) is 3. The molecule has 37 heavy (non-hydrogen) atoms. The van der Waals surface area contributed by atoms with Crippen LogP contribution in [0.2, 0.25) is 0 Å². The van der Waals surface area contributed by atoms with Gasteiger partial charge >= 0.3 is 11.9 Å². The van der Waals surface area contributed by atoms with Crippen molar-refractivity contribution in [1.29, 1.82) is 0 Å². The van der Waals surface area contributed by atoms with Crippen molar-refractivity contribution in [1.82, 2.24) is 9.55 Å². The minimum Gasteiger partial charge on any atom is -0.473 e. The van der Waals surface area contributed by atoms with Crippen molar-refractivity contribution in [3.05, 3.63) is 75.7 Å². The van der Waals surface area contributed by atoms with Gasteiger partial charge < -0.3 is 14.4 Å². The summed E-state index contributed by atoms with van der Waals surface area (Å²) in [6.45, 7) is 4.50. The number of ether oxygens (including phenoxy) is 2. The van der Waals surface area contributed by atoms with Gasteiger partial charge in [-0.05, 0) is 68.1 Å². The largest absolute Gasteiger partial charge is 0.473 e. The summed E-state index contributed by atoms with van der Waals surface area (Å²) in [7, 11) is 0. The Labute approximate surface area is 209 Å². The van der Waals surface area contributed by atoms with Gasteiger partial charge in [-0.1, -0.05) is 6.92 Å². The standard InChI is InChI=1S/C26H24F5N3O3/c1-3-25-9-8-15(2)34(25)22-12-21(32-24(35)33(22)14-25)36-13-16-10-19(27)23(20(28)11-16)37-18-6-4-17(5-7-18)26(29,30)31/h4-7,10-12,15H,3,8-9,13-14H2,1-2H3. The first-order valence-corrected chi connectivity index (χ1v) is 11.9. The molecule has 6 nitrogen and oxygen atoms in total. The lowest BCUT2D eigenvalue weighted by molar-refractivity contribution is -0.137. The minimum absolute atomic E-state index is 0.0492. The van der Waals surface area contributed by atoms with Crippen molar-refractivity contribution in [2.24, 2.45) is 0 Å². The zero-order chi connectivity index (χ0) is 26.5. The molecule has 0 bridgehead atoms. The molecule has 0 N–H and O–H groups in total. The SMILES string of the molecule is CCC12CCC(C)N1c1cc(OCc3cc(F)c(Oc4ccc(C(F)(F)F)cc4)c(F)c3)nc(=O)n1C2. The van der Waals surface area contributed by atoms with Crippen LogP contribution in [0.3, 0.4) is 0 Å². The summed E-state index contributed by atoms with van der Waals surface area (Å²) >= 11 is 0. The maximum atomic E-state index is 14.6. The number of hydrogen-bond donors (Lipinski definition) is 0. The third kappa shape index (κ3) is 4.51. The van der Waals surface area contributed by atoms with E-state index in [0.717, 1.165) is 61.5 Å². The molecule has 2 aliphatic heterocycles. The highest BCUT2D eigenvalue weighted by molar-refractivity contribution is 5.52. The van der Waals surface area contributed by atoms with Gasteiger partial charge in [-0.25, -0.2) is 13.6 Å². The molecule has 11 heteroatoms. The summed E-state index contributed by atoms with van der Waals surface area (Å²) in [4.78, 5) is 18.9. The van der Waals surface area contributed by atoms with Crippen LogP contribution < -0.4 is 20.1 Å². The lowest BCUT2D eigenvalue weighted by Crippen LogP contribution is -2.43. The molecule has 2 atom stereocenters. The molecule has 2 aliphatic rings. The molecule has 0 amide bonds. The lowest BCUT2D eigenvalue weighted by Gasteiger charge is -2.34. The van der Waals surface area contributed by atoms with Crippen LogP contribution in [-0.2, 0) is 19.3 Å². The Kier molecular flexibility index (Phi) is 6.12. The third-order valence-electron chi connectivity index (χ3n) is 7.15. The normalized spacial score (nSPS) is 20.6. The van der Waals surface area contributed by atoms with Gasteiger partial charge in [0.15, 0.2) is 17.4 Å². The number of benzene rings is 2. The minimum atomic E-state index is -4.54. The summed E-state index contributed by atoms with van der Waals surface area (Å²) < 4.78 is 79.8. The van der Waals surface area contributed by atoms with Crippen LogP contribution in [0.5, 0.6) is 17.4 Å². The second kappa shape index (κ2) is 9.04. The van der Waals surface area contributed by atoms with E-state index in [1.54, 1.807) is 10.6 Å². The first kappa shape index (κ1) is 25.0. The molecule has 1 fully saturated rings. The van der Waals surface area contributed by atoms with Crippen LogP contribution in [0, 0.1) is 11.6 Å². The van der Waals surface area contributed by atoms with E-state index in [4.69, 9.17) is 9.47 Å². The third-order valence-corrected chi connectivity index (χ3v) is 7.15. The van der Waals surface area contributed by atoms with Crippen LogP contribution in [0.1, 0.15) is 44.2 Å². The Morgan fingerprint density at radius 3 is 2.41 bits per heavy atom. The summed E-state index contributed by atoms with van der Waals surface area (Å²) in [5, 5.41) is 0. The zero-order valence-electron chi connectivity index (χ0n) is 20.1. The van der Waals surface area contributed by atoms with Gasteiger partial charge in [-0.2, -0.15) is 18.2 Å². The fourth-order valence-electron chi connectivity index (χ4n) is 5.25. The molecule has 0 radical (unpaired) electrons. The van der Waals surface area contributed by atoms with Gasteiger partial charge in [-0.3, -0.25) is 4.57 Å². The summed E-state index contributed by atoms with van der Waals surface area (Å²) in [6.07, 6.45) is -1.67. The molecule has 1 aromatic heterocycles. The Morgan fingerprint density at radius 1 is 1.11 bits per heavy atom. The van der Waals surface area contributed by atoms with Crippen molar-refractivity contribution in [3.63, 3.8) is 0 Å². The summed E-state index contributed by atoms with van der Waals surface area (Å²) in [5.74, 6) is -2.25. The van der Waals surface area contributed by atoms with E-state index in [2.05, 4.69) is 23.7 Å². The molecule has 3 aromatic rings. The Morgan fingerprint density at radius 2 is 1.78 bits per heavy atom. The van der Waals surface area contributed by atoms with E-state index in [1.807, 2.05) is 0 Å². The molecule has 3 heterocycles. The van der Waals surface area contributed by atoms with E-state index in [1.165, 1.54) is 0 Å². The van der Waals surface area contributed by atoms with Gasteiger partial charge in [0.25, 0.3) is 0 Å². The van der Waals surface area contributed by atoms with E-state index >= 15 is 0 Å². The molecule has 0 saturated carbocycles. The van der Waals surface area contributed by atoms with E-state index in [0.29, 0.717) is 6.54 Å². The van der Waals surface area contributed by atoms with Gasteiger partial charge in [-0.15, -0.1) is 0 Å². The molecule has 2 aromatic carbocycles. The molecular formula is C26H24F5N3O3. The highest BCUT2D eigenvalue weighted by atomic mass is 19.4. The topological polar surface area (TPSA) is 56.6 Å². The number of hydrogen-bond acceptors (Lipinski definition) is 5. The van der Waals surface area contributed by atoms with Gasteiger partial charge in [0.1, 0.15) is 18.2 Å². The van der Waals surface area contributed by atoms with Crippen molar-refractivity contribution >= 4 is 5.82 Å². The fraction of sp³-hybridized carbons (Fsp3) is 0.385. The first-order chi connectivity index (χ1) is 17.5. The van der Waals surface area contributed by atoms with Crippen LogP contribution in [0.4, 0.5) is 27.8 Å². The van der Waals surface area contributed by atoms with Crippen molar-refractivity contribution < 1.29 is 31.4 Å². The van der Waals surface area contributed by atoms with Crippen LogP contribution in [0.15, 0.2) is 47.3 Å². The van der Waals surface area contributed by atoms with Gasteiger partial charge in [0.05, 0.1) is 17.6 Å². The molecule has 0 aliphatic carbocycles. The predicted octanol–water partition coefficient (Wildman–Crippen LogP) is 6.06. The number of alkyl halides is 3. The number of rotatable bonds is 6. The van der Waals surface area contributed by atoms with Crippen molar-refractivity contribution in [2.75, 3.05) is 4.90 Å². The Bertz CT molecular complexity index is 1370. The average molecular weight is 521 g/mol. The van der Waals surface area contributed by atoms with Crippen LogP contribution in [0.25, 0.3) is 0 Å². The van der Waals surface area contributed by atoms with E-state index in [9.17, 15) is 26.7 Å². The Balaban J connectivity index is 1.32. The fourth-order valence-corrected chi connectivity index (χ4v) is 5.25. The highest BCUT2D eigenvalue weighted by Gasteiger charge is 2.49. The highest BCUT2D eigenvalue weighted by Crippen LogP contribution is 2.46. The molecule has 196 valence electrons. The number of fused-ring (bicyclic) bond motifs is 3. The second-order valence-corrected chi connectivity index (χ2v) is 9.46. The maximum absolute atomic E-state index is 14.6. The number of halogens is 5. The molecule has 1 saturated heterocycles. The zero-order valence-corrected chi connectivity index (χ0v) is 20.1. The predicted molar refractivity (Wildman–Crippen MR) is 125 cm³/mol. The van der Waals surface area contributed by atoms with Crippen LogP contribution >= 0.6 is 0 Å². The molecule has 2 unspecified atom stereocenters. The molecule has 0 spiro atoms. The lowest BCUT2D eigenvalue weighted by atomic mass is 9.94. The quantitative estimate of drug-likeness (QED) is 0.369. The van der Waals surface area contributed by atoms with E-state index in [-0.39, 0.29) is 35.4 Å². The van der Waals surface area contributed by atoms with Crippen molar-refractivity contribution in [2.45, 2.75) is 64.0 Å². The molecule has 5 rings (SSSR count). The summed E-state index contributed by atoms with van der Waals surface area (Å²) in [6, 6.07) is 7.38. The number of aromatic nitrogens is 2. The van der Waals surface area contributed by atoms with Crippen molar-refractivity contribution in [3.8, 4) is 17.4 Å². The van der Waals surface area contributed by atoms with Gasteiger partial charge in [0.2, 0.25) is 5.88 Å². The number of anilines is 1. The molecular weight excluding hydrogens is 497 g/mol. The smallest absolute Gasteiger partial charge is 0.416 e. The average Bonchev–Trinajstić information content (AvgIpc) is 3.35. The second-order valence-electron chi connectivity index (χ2n) is 9.46. The summed E-state index contributed by atoms with van der Waals surface area (Å²) in [5.41, 5.74) is -1.36. The Hall–Kier alpha value is -3.63. The van der Waals surface area contributed by atoms with Crippen LogP contribution in [-0.4, -0.2) is 21.1 Å². The van der Waals surface area contributed by atoms with E-state index < -0.39 is 34.8 Å². The van der Waals surface area contributed by atoms with Gasteiger partial charge in [0, 0.05) is 12.1 Å². The first-order valence-electron chi connectivity index (χ1n) is 11.9. The maximum Gasteiger partial charge on any atom is 0.416 e. The monoisotopic (exact) mass is 521 g/mol.